The van der Waals surface area contributed by atoms with E-state index in [4.69, 9.17) is 16.3 Å². The van der Waals surface area contributed by atoms with Crippen molar-refractivity contribution in [1.29, 1.82) is 0 Å². The van der Waals surface area contributed by atoms with Gasteiger partial charge in [0.15, 0.2) is 0 Å². The smallest absolute Gasteiger partial charge is 0.423 e. The summed E-state index contributed by atoms with van der Waals surface area (Å²) in [5.74, 6) is -0.786. The van der Waals surface area contributed by atoms with Crippen LogP contribution in [0.2, 0.25) is 5.02 Å². The lowest BCUT2D eigenvalue weighted by molar-refractivity contribution is -0.141. The Hall–Kier alpha value is -3.59. The largest absolute Gasteiger partial charge is 0.433 e. The standard InChI is InChI=1S/C21H15ClF3N3O3/c1-12(29)27-14-3-5-16(6-4-14)31-20(30)17-7-2-13(22)10-18(17)28-15-8-9-26-19(11-15)21(23,24)25/h2-11H,1H3,(H,26,28)(H,27,29). The number of halogens is 4. The fourth-order valence-electron chi connectivity index (χ4n) is 2.59. The summed E-state index contributed by atoms with van der Waals surface area (Å²) in [6.45, 7) is 1.36. The number of hydrogen-bond acceptors (Lipinski definition) is 5. The predicted molar refractivity (Wildman–Crippen MR) is 110 cm³/mol. The molecule has 0 saturated carbocycles. The minimum absolute atomic E-state index is 0.0562. The van der Waals surface area contributed by atoms with Crippen molar-refractivity contribution in [3.8, 4) is 5.75 Å². The number of aromatic nitrogens is 1. The summed E-state index contributed by atoms with van der Waals surface area (Å²) in [4.78, 5) is 27.0. The van der Waals surface area contributed by atoms with E-state index in [0.29, 0.717) is 5.69 Å². The summed E-state index contributed by atoms with van der Waals surface area (Å²) in [6, 6.07) is 12.5. The zero-order chi connectivity index (χ0) is 22.6. The Balaban J connectivity index is 1.82. The van der Waals surface area contributed by atoms with Gasteiger partial charge in [-0.15, -0.1) is 0 Å². The maximum absolute atomic E-state index is 12.9. The molecule has 2 aromatic carbocycles. The van der Waals surface area contributed by atoms with Gasteiger partial charge in [-0.1, -0.05) is 11.6 Å². The van der Waals surface area contributed by atoms with E-state index in [9.17, 15) is 22.8 Å². The normalized spacial score (nSPS) is 11.0. The molecular weight excluding hydrogens is 435 g/mol. The summed E-state index contributed by atoms with van der Waals surface area (Å²) < 4.78 is 44.1. The Morgan fingerprint density at radius 2 is 1.71 bits per heavy atom. The number of pyridine rings is 1. The summed E-state index contributed by atoms with van der Waals surface area (Å²) in [5.41, 5.74) is -0.270. The molecule has 1 heterocycles. The average molecular weight is 450 g/mol. The molecule has 160 valence electrons. The molecule has 3 rings (SSSR count). The molecule has 0 saturated heterocycles. The number of nitrogens with zero attached hydrogens (tertiary/aromatic N) is 1. The van der Waals surface area contributed by atoms with Crippen molar-refractivity contribution in [3.63, 3.8) is 0 Å². The van der Waals surface area contributed by atoms with Crippen LogP contribution >= 0.6 is 11.6 Å². The molecule has 0 atom stereocenters. The van der Waals surface area contributed by atoms with Crippen molar-refractivity contribution in [1.82, 2.24) is 4.98 Å². The number of rotatable bonds is 5. The van der Waals surface area contributed by atoms with Crippen molar-refractivity contribution >= 4 is 40.5 Å². The predicted octanol–water partition coefficient (Wildman–Crippen LogP) is 5.68. The van der Waals surface area contributed by atoms with Crippen LogP contribution in [0.4, 0.5) is 30.2 Å². The monoisotopic (exact) mass is 449 g/mol. The highest BCUT2D eigenvalue weighted by Crippen LogP contribution is 2.31. The molecular formula is C21H15ClF3N3O3. The average Bonchev–Trinajstić information content (AvgIpc) is 2.69. The van der Waals surface area contributed by atoms with Gasteiger partial charge in [0.1, 0.15) is 11.4 Å². The lowest BCUT2D eigenvalue weighted by Crippen LogP contribution is -2.12. The van der Waals surface area contributed by atoms with Crippen LogP contribution in [0.1, 0.15) is 23.0 Å². The van der Waals surface area contributed by atoms with Gasteiger partial charge >= 0.3 is 12.1 Å². The Morgan fingerprint density at radius 3 is 2.35 bits per heavy atom. The number of hydrogen-bond donors (Lipinski definition) is 2. The zero-order valence-corrected chi connectivity index (χ0v) is 16.7. The molecule has 0 radical (unpaired) electrons. The van der Waals surface area contributed by atoms with Gasteiger partial charge in [-0.25, -0.2) is 4.79 Å². The molecule has 0 spiro atoms. The topological polar surface area (TPSA) is 80.3 Å². The summed E-state index contributed by atoms with van der Waals surface area (Å²) in [5, 5.41) is 5.60. The SMILES string of the molecule is CC(=O)Nc1ccc(OC(=O)c2ccc(Cl)cc2Nc2ccnc(C(F)(F)F)c2)cc1. The zero-order valence-electron chi connectivity index (χ0n) is 16.0. The molecule has 1 aromatic heterocycles. The number of amides is 1. The molecule has 0 fully saturated rings. The van der Waals surface area contributed by atoms with E-state index in [0.717, 1.165) is 12.3 Å². The van der Waals surface area contributed by atoms with E-state index in [1.54, 1.807) is 12.1 Å². The third-order valence-electron chi connectivity index (χ3n) is 3.92. The number of esters is 1. The summed E-state index contributed by atoms with van der Waals surface area (Å²) in [7, 11) is 0. The van der Waals surface area contributed by atoms with E-state index in [2.05, 4.69) is 15.6 Å². The van der Waals surface area contributed by atoms with Crippen molar-refractivity contribution in [3.05, 3.63) is 77.1 Å². The molecule has 0 bridgehead atoms. The van der Waals surface area contributed by atoms with E-state index in [-0.39, 0.29) is 33.6 Å². The number of anilines is 3. The van der Waals surface area contributed by atoms with Gasteiger partial charge in [0, 0.05) is 29.5 Å². The van der Waals surface area contributed by atoms with Crippen LogP contribution < -0.4 is 15.4 Å². The molecule has 1 amide bonds. The molecule has 10 heteroatoms. The van der Waals surface area contributed by atoms with Gasteiger partial charge in [-0.05, 0) is 54.6 Å². The maximum Gasteiger partial charge on any atom is 0.433 e. The van der Waals surface area contributed by atoms with Crippen molar-refractivity contribution in [2.24, 2.45) is 0 Å². The molecule has 31 heavy (non-hydrogen) atoms. The van der Waals surface area contributed by atoms with Gasteiger partial charge < -0.3 is 15.4 Å². The fraction of sp³-hybridized carbons (Fsp3) is 0.0952. The first kappa shape index (κ1) is 22.1. The summed E-state index contributed by atoms with van der Waals surface area (Å²) in [6.07, 6.45) is -3.61. The molecule has 2 N–H and O–H groups in total. The van der Waals surface area contributed by atoms with Gasteiger partial charge in [0.25, 0.3) is 0 Å². The quantitative estimate of drug-likeness (QED) is 0.387. The Bertz CT molecular complexity index is 1120. The Kier molecular flexibility index (Phi) is 6.45. The third-order valence-corrected chi connectivity index (χ3v) is 4.15. The Labute approximate surface area is 180 Å². The molecule has 3 aromatic rings. The minimum atomic E-state index is -4.61. The lowest BCUT2D eigenvalue weighted by Gasteiger charge is -2.14. The van der Waals surface area contributed by atoms with Crippen LogP contribution in [0, 0.1) is 0 Å². The van der Waals surface area contributed by atoms with Gasteiger partial charge in [-0.3, -0.25) is 9.78 Å². The van der Waals surface area contributed by atoms with Gasteiger partial charge in [0.05, 0.1) is 11.3 Å². The second kappa shape index (κ2) is 9.05. The minimum Gasteiger partial charge on any atom is -0.423 e. The first-order valence-electron chi connectivity index (χ1n) is 8.81. The van der Waals surface area contributed by atoms with E-state index in [1.165, 1.54) is 43.3 Å². The lowest BCUT2D eigenvalue weighted by atomic mass is 10.1. The highest BCUT2D eigenvalue weighted by molar-refractivity contribution is 6.31. The first-order chi connectivity index (χ1) is 14.6. The number of alkyl halides is 3. The first-order valence-corrected chi connectivity index (χ1v) is 9.19. The Morgan fingerprint density at radius 1 is 1.00 bits per heavy atom. The number of carbonyl (C=O) groups is 2. The summed E-state index contributed by atoms with van der Waals surface area (Å²) >= 11 is 5.99. The number of ether oxygens (including phenoxy) is 1. The molecule has 0 unspecified atom stereocenters. The van der Waals surface area contributed by atoms with Crippen LogP contribution in [0.5, 0.6) is 5.75 Å². The van der Waals surface area contributed by atoms with E-state index in [1.807, 2.05) is 0 Å². The van der Waals surface area contributed by atoms with Gasteiger partial charge in [0.2, 0.25) is 5.91 Å². The highest BCUT2D eigenvalue weighted by atomic mass is 35.5. The second-order valence-corrected chi connectivity index (χ2v) is 6.77. The third kappa shape index (κ3) is 5.95. The van der Waals surface area contributed by atoms with Crippen LogP contribution in [0.15, 0.2) is 60.8 Å². The molecule has 0 aliphatic rings. The number of carbonyl (C=O) groups excluding carboxylic acids is 2. The van der Waals surface area contributed by atoms with Crippen molar-refractivity contribution in [2.45, 2.75) is 13.1 Å². The number of nitrogens with one attached hydrogen (secondary N) is 2. The molecule has 6 nitrogen and oxygen atoms in total. The maximum atomic E-state index is 12.9. The highest BCUT2D eigenvalue weighted by Gasteiger charge is 2.32. The van der Waals surface area contributed by atoms with E-state index >= 15 is 0 Å². The van der Waals surface area contributed by atoms with Crippen LogP contribution in [0.25, 0.3) is 0 Å². The van der Waals surface area contributed by atoms with Gasteiger partial charge in [-0.2, -0.15) is 13.2 Å². The fourth-order valence-corrected chi connectivity index (χ4v) is 2.76. The second-order valence-electron chi connectivity index (χ2n) is 6.34. The van der Waals surface area contributed by atoms with Crippen LogP contribution in [-0.2, 0) is 11.0 Å². The molecule has 0 aliphatic heterocycles. The van der Waals surface area contributed by atoms with Crippen LogP contribution in [0.3, 0.4) is 0 Å². The number of benzene rings is 2. The molecule has 0 aliphatic carbocycles. The van der Waals surface area contributed by atoms with E-state index < -0.39 is 17.8 Å². The van der Waals surface area contributed by atoms with Crippen molar-refractivity contribution in [2.75, 3.05) is 10.6 Å². The van der Waals surface area contributed by atoms with Crippen molar-refractivity contribution < 1.29 is 27.5 Å². The van der Waals surface area contributed by atoms with Crippen LogP contribution in [-0.4, -0.2) is 16.9 Å².